The molecule has 2 saturated carbocycles. The molecule has 0 aromatic carbocycles. The van der Waals surface area contributed by atoms with Crippen LogP contribution in [0.2, 0.25) is 0 Å². The van der Waals surface area contributed by atoms with Crippen molar-refractivity contribution in [1.82, 2.24) is 4.90 Å². The average Bonchev–Trinajstić information content (AvgIpc) is 2.63. The Morgan fingerprint density at radius 2 is 2.27 bits per heavy atom. The van der Waals surface area contributed by atoms with E-state index in [1.807, 2.05) is 0 Å². The maximum absolute atomic E-state index is 5.51. The van der Waals surface area contributed by atoms with Gasteiger partial charge in [-0.2, -0.15) is 0 Å². The molecule has 2 rings (SSSR count). The van der Waals surface area contributed by atoms with Crippen molar-refractivity contribution in [2.24, 2.45) is 17.6 Å². The van der Waals surface area contributed by atoms with Gasteiger partial charge in [-0.3, -0.25) is 0 Å². The van der Waals surface area contributed by atoms with E-state index in [9.17, 15) is 0 Å². The summed E-state index contributed by atoms with van der Waals surface area (Å²) < 4.78 is 0. The molecule has 2 aliphatic carbocycles. The highest BCUT2D eigenvalue weighted by Gasteiger charge is 2.48. The monoisotopic (exact) mass is 154 g/mol. The summed E-state index contributed by atoms with van der Waals surface area (Å²) in [6, 6.07) is 0.878. The predicted octanol–water partition coefficient (Wildman–Crippen LogP) is 0.675. The van der Waals surface area contributed by atoms with Gasteiger partial charge >= 0.3 is 0 Å². The Kier molecular flexibility index (Phi) is 1.90. The fourth-order valence-electron chi connectivity index (χ4n) is 2.59. The molecule has 0 aliphatic heterocycles. The number of nitrogens with two attached hydrogens (primary N) is 1. The third-order valence-electron chi connectivity index (χ3n) is 3.35. The van der Waals surface area contributed by atoms with E-state index in [1.54, 1.807) is 0 Å². The number of likely N-dealkylation sites (N-methyl/N-ethyl adjacent to an activating group) is 1. The van der Waals surface area contributed by atoms with Gasteiger partial charge in [0, 0.05) is 19.1 Å². The lowest BCUT2D eigenvalue weighted by atomic mass is 10.1. The summed E-state index contributed by atoms with van der Waals surface area (Å²) in [7, 11) is 2.22. The summed E-state index contributed by atoms with van der Waals surface area (Å²) in [5.74, 6) is 2.15. The van der Waals surface area contributed by atoms with E-state index in [0.29, 0.717) is 0 Å². The van der Waals surface area contributed by atoms with Gasteiger partial charge in [-0.05, 0) is 38.1 Å². The number of nitrogens with zero attached hydrogens (tertiary/aromatic N) is 1. The first-order valence-corrected chi connectivity index (χ1v) is 4.73. The van der Waals surface area contributed by atoms with Crippen molar-refractivity contribution in [1.29, 1.82) is 0 Å². The molecular formula is C9H18N2. The Morgan fingerprint density at radius 1 is 1.45 bits per heavy atom. The number of hydrogen-bond acceptors (Lipinski definition) is 2. The molecule has 2 heteroatoms. The van der Waals surface area contributed by atoms with Crippen molar-refractivity contribution in [3.8, 4) is 0 Å². The molecule has 0 bridgehead atoms. The Bertz CT molecular complexity index is 146. The Morgan fingerprint density at radius 3 is 2.73 bits per heavy atom. The molecule has 2 nitrogen and oxygen atoms in total. The number of hydrogen-bond donors (Lipinski definition) is 1. The van der Waals surface area contributed by atoms with Crippen LogP contribution < -0.4 is 5.73 Å². The zero-order valence-electron chi connectivity index (χ0n) is 7.29. The first kappa shape index (κ1) is 7.56. The molecule has 2 N–H and O–H groups in total. The fraction of sp³-hybridized carbons (Fsp3) is 1.00. The molecule has 0 radical (unpaired) electrons. The topological polar surface area (TPSA) is 29.3 Å². The predicted molar refractivity (Wildman–Crippen MR) is 46.3 cm³/mol. The highest BCUT2D eigenvalue weighted by atomic mass is 15.1. The smallest absolute Gasteiger partial charge is 0.0124 e. The van der Waals surface area contributed by atoms with E-state index >= 15 is 0 Å². The SMILES string of the molecule is CN(CCN)C1CCC2CC21. The van der Waals surface area contributed by atoms with Gasteiger partial charge in [0.2, 0.25) is 0 Å². The summed E-state index contributed by atoms with van der Waals surface area (Å²) in [5.41, 5.74) is 5.51. The molecule has 3 atom stereocenters. The van der Waals surface area contributed by atoms with Crippen LogP contribution in [0.4, 0.5) is 0 Å². The minimum atomic E-state index is 0.810. The summed E-state index contributed by atoms with van der Waals surface area (Å²) in [5, 5.41) is 0. The number of fused-ring (bicyclic) bond motifs is 1. The molecule has 3 unspecified atom stereocenters. The fourth-order valence-corrected chi connectivity index (χ4v) is 2.59. The van der Waals surface area contributed by atoms with Gasteiger partial charge in [0.15, 0.2) is 0 Å². The largest absolute Gasteiger partial charge is 0.329 e. The maximum atomic E-state index is 5.51. The van der Waals surface area contributed by atoms with Crippen LogP contribution in [0.5, 0.6) is 0 Å². The normalized spacial score (nSPS) is 41.2. The summed E-state index contributed by atoms with van der Waals surface area (Å²) in [6.07, 6.45) is 4.40. The molecule has 0 aromatic heterocycles. The van der Waals surface area contributed by atoms with Crippen molar-refractivity contribution < 1.29 is 0 Å². The van der Waals surface area contributed by atoms with E-state index in [-0.39, 0.29) is 0 Å². The highest BCUT2D eigenvalue weighted by molar-refractivity contribution is 5.01. The zero-order chi connectivity index (χ0) is 7.84. The molecule has 0 spiro atoms. The maximum Gasteiger partial charge on any atom is 0.0124 e. The van der Waals surface area contributed by atoms with E-state index < -0.39 is 0 Å². The van der Waals surface area contributed by atoms with Gasteiger partial charge in [0.05, 0.1) is 0 Å². The Labute approximate surface area is 68.7 Å². The second kappa shape index (κ2) is 2.76. The second-order valence-corrected chi connectivity index (χ2v) is 4.07. The van der Waals surface area contributed by atoms with Crippen LogP contribution in [0.15, 0.2) is 0 Å². The van der Waals surface area contributed by atoms with Crippen molar-refractivity contribution in [2.75, 3.05) is 20.1 Å². The molecule has 0 amide bonds. The van der Waals surface area contributed by atoms with Crippen molar-refractivity contribution in [2.45, 2.75) is 25.3 Å². The van der Waals surface area contributed by atoms with E-state index in [2.05, 4.69) is 11.9 Å². The van der Waals surface area contributed by atoms with Crippen LogP contribution >= 0.6 is 0 Å². The summed E-state index contributed by atoms with van der Waals surface area (Å²) >= 11 is 0. The summed E-state index contributed by atoms with van der Waals surface area (Å²) in [6.45, 7) is 1.89. The van der Waals surface area contributed by atoms with Crippen molar-refractivity contribution in [3.63, 3.8) is 0 Å². The lowest BCUT2D eigenvalue weighted by molar-refractivity contribution is 0.230. The van der Waals surface area contributed by atoms with Gasteiger partial charge in [0.1, 0.15) is 0 Å². The minimum absolute atomic E-state index is 0.810. The molecule has 0 saturated heterocycles. The third-order valence-corrected chi connectivity index (χ3v) is 3.35. The molecule has 11 heavy (non-hydrogen) atoms. The first-order chi connectivity index (χ1) is 5.33. The van der Waals surface area contributed by atoms with Crippen molar-refractivity contribution >= 4 is 0 Å². The van der Waals surface area contributed by atoms with Crippen LogP contribution in [0.3, 0.4) is 0 Å². The quantitative estimate of drug-likeness (QED) is 0.647. The molecule has 2 aliphatic rings. The van der Waals surface area contributed by atoms with E-state index in [1.165, 1.54) is 19.3 Å². The molecule has 0 heterocycles. The second-order valence-electron chi connectivity index (χ2n) is 4.07. The molecule has 0 aromatic rings. The van der Waals surface area contributed by atoms with Gasteiger partial charge in [-0.1, -0.05) is 0 Å². The van der Waals surface area contributed by atoms with Gasteiger partial charge in [-0.25, -0.2) is 0 Å². The highest BCUT2D eigenvalue weighted by Crippen LogP contribution is 2.53. The lowest BCUT2D eigenvalue weighted by Crippen LogP contribution is -2.35. The van der Waals surface area contributed by atoms with Crippen molar-refractivity contribution in [3.05, 3.63) is 0 Å². The first-order valence-electron chi connectivity index (χ1n) is 4.73. The Balaban J connectivity index is 1.84. The molecule has 2 fully saturated rings. The number of rotatable bonds is 3. The van der Waals surface area contributed by atoms with Gasteiger partial charge < -0.3 is 10.6 Å². The minimum Gasteiger partial charge on any atom is -0.329 e. The van der Waals surface area contributed by atoms with Gasteiger partial charge in [-0.15, -0.1) is 0 Å². The standard InChI is InChI=1S/C9H18N2/c1-11(5-4-10)9-3-2-7-6-8(7)9/h7-9H,2-6,10H2,1H3. The molecular weight excluding hydrogens is 136 g/mol. The molecule has 64 valence electrons. The van der Waals surface area contributed by atoms with Gasteiger partial charge in [0.25, 0.3) is 0 Å². The van der Waals surface area contributed by atoms with E-state index in [0.717, 1.165) is 31.0 Å². The summed E-state index contributed by atoms with van der Waals surface area (Å²) in [4.78, 5) is 2.46. The Hall–Kier alpha value is -0.0800. The van der Waals surface area contributed by atoms with Crippen LogP contribution in [0.25, 0.3) is 0 Å². The zero-order valence-corrected chi connectivity index (χ0v) is 7.29. The van der Waals surface area contributed by atoms with E-state index in [4.69, 9.17) is 5.73 Å². The van der Waals surface area contributed by atoms with Crippen LogP contribution in [-0.4, -0.2) is 31.1 Å². The lowest BCUT2D eigenvalue weighted by Gasteiger charge is -2.24. The average molecular weight is 154 g/mol. The third kappa shape index (κ3) is 1.30. The van der Waals surface area contributed by atoms with Crippen LogP contribution in [0.1, 0.15) is 19.3 Å². The van der Waals surface area contributed by atoms with Crippen LogP contribution in [0, 0.1) is 11.8 Å². The van der Waals surface area contributed by atoms with Crippen LogP contribution in [-0.2, 0) is 0 Å².